The van der Waals surface area contributed by atoms with Crippen molar-refractivity contribution in [2.75, 3.05) is 43.8 Å². The molecule has 0 saturated heterocycles. The topological polar surface area (TPSA) is 153 Å². The molecule has 1 saturated carbocycles. The Kier molecular flexibility index (Phi) is 8.78. The SMILES string of the molecule is COc1ccc(N(C(=O)c2snc(C(N)=O)c2N)C(C(=O)NC2CCCC2)c2ccc(N(C)C)cc2)cc1OC. The summed E-state index contributed by atoms with van der Waals surface area (Å²) >= 11 is 0.755. The molecule has 5 N–H and O–H groups in total. The molecule has 0 spiro atoms. The predicted octanol–water partition coefficient (Wildman–Crippen LogP) is 3.35. The fraction of sp³-hybridized carbons (Fsp3) is 0.357. The van der Waals surface area contributed by atoms with Crippen molar-refractivity contribution in [1.82, 2.24) is 9.69 Å². The third-order valence-electron chi connectivity index (χ3n) is 6.95. The Labute approximate surface area is 237 Å². The van der Waals surface area contributed by atoms with Crippen molar-refractivity contribution in [2.45, 2.75) is 37.8 Å². The number of ether oxygens (including phenoxy) is 2. The van der Waals surface area contributed by atoms with Crippen LogP contribution in [0, 0.1) is 0 Å². The van der Waals surface area contributed by atoms with E-state index < -0.39 is 17.9 Å². The van der Waals surface area contributed by atoms with Crippen molar-refractivity contribution >= 4 is 46.3 Å². The van der Waals surface area contributed by atoms with E-state index in [0.29, 0.717) is 22.7 Å². The summed E-state index contributed by atoms with van der Waals surface area (Å²) in [6.07, 6.45) is 3.79. The summed E-state index contributed by atoms with van der Waals surface area (Å²) in [6, 6.07) is 11.3. The number of hydrogen-bond acceptors (Lipinski definition) is 9. The molecule has 1 aliphatic carbocycles. The highest BCUT2D eigenvalue weighted by Crippen LogP contribution is 2.38. The zero-order valence-electron chi connectivity index (χ0n) is 23.0. The summed E-state index contributed by atoms with van der Waals surface area (Å²) in [7, 11) is 6.83. The molecule has 1 atom stereocenters. The number of nitrogens with zero attached hydrogens (tertiary/aromatic N) is 3. The van der Waals surface area contributed by atoms with Crippen LogP contribution < -0.4 is 36.1 Å². The normalized spacial score (nSPS) is 13.9. The Morgan fingerprint density at radius 1 is 1.00 bits per heavy atom. The van der Waals surface area contributed by atoms with E-state index in [1.54, 1.807) is 18.2 Å². The second kappa shape index (κ2) is 12.2. The maximum Gasteiger partial charge on any atom is 0.273 e. The van der Waals surface area contributed by atoms with Gasteiger partial charge in [0.15, 0.2) is 17.2 Å². The number of hydrogen-bond donors (Lipinski definition) is 3. The van der Waals surface area contributed by atoms with Crippen LogP contribution in [0.4, 0.5) is 17.1 Å². The van der Waals surface area contributed by atoms with Crippen LogP contribution in [0.5, 0.6) is 11.5 Å². The number of nitrogens with two attached hydrogens (primary N) is 2. The van der Waals surface area contributed by atoms with Gasteiger partial charge in [0.1, 0.15) is 10.9 Å². The average Bonchev–Trinajstić information content (AvgIpc) is 3.60. The first kappa shape index (κ1) is 28.7. The molecular weight excluding hydrogens is 532 g/mol. The van der Waals surface area contributed by atoms with E-state index >= 15 is 0 Å². The number of nitrogens with one attached hydrogen (secondary N) is 1. The van der Waals surface area contributed by atoms with Crippen molar-refractivity contribution < 1.29 is 23.9 Å². The molecule has 1 aromatic heterocycles. The van der Waals surface area contributed by atoms with E-state index in [4.69, 9.17) is 20.9 Å². The number of methoxy groups -OCH3 is 2. The van der Waals surface area contributed by atoms with Crippen molar-refractivity contribution in [3.05, 3.63) is 58.6 Å². The van der Waals surface area contributed by atoms with Crippen molar-refractivity contribution in [1.29, 1.82) is 0 Å². The molecule has 3 aromatic rings. The highest BCUT2D eigenvalue weighted by molar-refractivity contribution is 7.09. The summed E-state index contributed by atoms with van der Waals surface area (Å²) in [5.74, 6) is -0.982. The first-order chi connectivity index (χ1) is 19.2. The van der Waals surface area contributed by atoms with Crippen LogP contribution >= 0.6 is 11.5 Å². The Morgan fingerprint density at radius 2 is 1.62 bits per heavy atom. The number of carbonyl (C=O) groups is 3. The predicted molar refractivity (Wildman–Crippen MR) is 155 cm³/mol. The summed E-state index contributed by atoms with van der Waals surface area (Å²) in [4.78, 5) is 43.5. The van der Waals surface area contributed by atoms with Crippen LogP contribution in [0.2, 0.25) is 0 Å². The van der Waals surface area contributed by atoms with E-state index in [9.17, 15) is 14.4 Å². The van der Waals surface area contributed by atoms with Crippen molar-refractivity contribution in [3.63, 3.8) is 0 Å². The van der Waals surface area contributed by atoms with Gasteiger partial charge in [0.05, 0.1) is 19.9 Å². The first-order valence-corrected chi connectivity index (χ1v) is 13.6. The number of primary amides is 1. The van der Waals surface area contributed by atoms with Crippen LogP contribution in [0.25, 0.3) is 0 Å². The largest absolute Gasteiger partial charge is 0.493 e. The highest BCUT2D eigenvalue weighted by atomic mass is 32.1. The number of amides is 3. The van der Waals surface area contributed by atoms with Crippen molar-refractivity contribution in [2.24, 2.45) is 5.73 Å². The third-order valence-corrected chi connectivity index (χ3v) is 7.80. The Hall–Kier alpha value is -4.32. The number of anilines is 3. The second-order valence-corrected chi connectivity index (χ2v) is 10.5. The zero-order valence-corrected chi connectivity index (χ0v) is 23.8. The number of nitrogen functional groups attached to an aromatic ring is 1. The molecule has 1 fully saturated rings. The Balaban J connectivity index is 1.90. The number of benzene rings is 2. The molecule has 0 radical (unpaired) electrons. The highest BCUT2D eigenvalue weighted by Gasteiger charge is 2.37. The molecular formula is C28H34N6O5S. The third kappa shape index (κ3) is 5.81. The minimum Gasteiger partial charge on any atom is -0.493 e. The monoisotopic (exact) mass is 566 g/mol. The molecule has 2 aromatic carbocycles. The van der Waals surface area contributed by atoms with Gasteiger partial charge in [0.2, 0.25) is 5.91 Å². The van der Waals surface area contributed by atoms with Gasteiger partial charge in [-0.1, -0.05) is 25.0 Å². The van der Waals surface area contributed by atoms with Gasteiger partial charge in [0.25, 0.3) is 11.8 Å². The lowest BCUT2D eigenvalue weighted by molar-refractivity contribution is -0.123. The van der Waals surface area contributed by atoms with Gasteiger partial charge in [-0.05, 0) is 54.2 Å². The number of aromatic nitrogens is 1. The van der Waals surface area contributed by atoms with Gasteiger partial charge in [-0.2, -0.15) is 4.37 Å². The van der Waals surface area contributed by atoms with Crippen LogP contribution in [0.1, 0.15) is 57.4 Å². The summed E-state index contributed by atoms with van der Waals surface area (Å²) in [6.45, 7) is 0. The van der Waals surface area contributed by atoms with Gasteiger partial charge < -0.3 is 31.2 Å². The molecule has 11 nitrogen and oxygen atoms in total. The molecule has 1 heterocycles. The summed E-state index contributed by atoms with van der Waals surface area (Å²) < 4.78 is 14.9. The summed E-state index contributed by atoms with van der Waals surface area (Å²) in [5, 5.41) is 3.14. The zero-order chi connectivity index (χ0) is 29.0. The van der Waals surface area contributed by atoms with Crippen molar-refractivity contribution in [3.8, 4) is 11.5 Å². The standard InChI is InChI=1S/C28H34N6O5S/c1-33(2)18-11-9-16(10-12-18)24(27(36)31-17-7-5-6-8-17)34(19-13-14-20(38-3)21(15-19)39-4)28(37)25-22(29)23(26(30)35)32-40-25/h9-15,17,24H,5-8,29H2,1-4H3,(H2,30,35)(H,31,36). The fourth-order valence-corrected chi connectivity index (χ4v) is 5.56. The molecule has 12 heteroatoms. The summed E-state index contributed by atoms with van der Waals surface area (Å²) in [5.41, 5.74) is 13.1. The lowest BCUT2D eigenvalue weighted by Gasteiger charge is -2.32. The minimum atomic E-state index is -1.08. The Bertz CT molecular complexity index is 1380. The smallest absolute Gasteiger partial charge is 0.273 e. The van der Waals surface area contributed by atoms with E-state index in [1.165, 1.54) is 19.1 Å². The van der Waals surface area contributed by atoms with Gasteiger partial charge in [-0.15, -0.1) is 0 Å². The van der Waals surface area contributed by atoms with Crippen LogP contribution in [0.15, 0.2) is 42.5 Å². The Morgan fingerprint density at radius 3 is 2.17 bits per heavy atom. The lowest BCUT2D eigenvalue weighted by Crippen LogP contribution is -2.46. The molecule has 1 unspecified atom stereocenters. The van der Waals surface area contributed by atoms with E-state index in [0.717, 1.165) is 42.9 Å². The number of rotatable bonds is 10. The maximum absolute atomic E-state index is 14.3. The molecule has 1 aliphatic rings. The first-order valence-electron chi connectivity index (χ1n) is 12.8. The van der Waals surface area contributed by atoms with E-state index in [1.807, 2.05) is 43.3 Å². The molecule has 212 valence electrons. The van der Waals surface area contributed by atoms with Crippen LogP contribution in [-0.2, 0) is 4.79 Å². The molecule has 3 amide bonds. The quantitative estimate of drug-likeness (QED) is 0.338. The lowest BCUT2D eigenvalue weighted by atomic mass is 10.0. The maximum atomic E-state index is 14.3. The molecule has 40 heavy (non-hydrogen) atoms. The van der Waals surface area contributed by atoms with Gasteiger partial charge in [0, 0.05) is 37.6 Å². The van der Waals surface area contributed by atoms with Gasteiger partial charge in [-0.3, -0.25) is 19.3 Å². The molecule has 4 rings (SSSR count). The van der Waals surface area contributed by atoms with Crippen LogP contribution in [-0.4, -0.2) is 56.5 Å². The molecule has 0 aliphatic heterocycles. The van der Waals surface area contributed by atoms with E-state index in [-0.39, 0.29) is 28.2 Å². The minimum absolute atomic E-state index is 0.00726. The second-order valence-electron chi connectivity index (χ2n) is 9.73. The van der Waals surface area contributed by atoms with Crippen LogP contribution in [0.3, 0.4) is 0 Å². The number of carbonyl (C=O) groups excluding carboxylic acids is 3. The average molecular weight is 567 g/mol. The van der Waals surface area contributed by atoms with Gasteiger partial charge >= 0.3 is 0 Å². The molecule has 0 bridgehead atoms. The fourth-order valence-electron chi connectivity index (χ4n) is 4.82. The van der Waals surface area contributed by atoms with Gasteiger partial charge in [-0.25, -0.2) is 0 Å². The van der Waals surface area contributed by atoms with E-state index in [2.05, 4.69) is 9.69 Å².